The van der Waals surface area contributed by atoms with Gasteiger partial charge in [0.25, 0.3) is 0 Å². The molecule has 3 rings (SSSR count). The van der Waals surface area contributed by atoms with Gasteiger partial charge in [0, 0.05) is 24.9 Å². The van der Waals surface area contributed by atoms with Crippen LogP contribution in [0.1, 0.15) is 12.8 Å². The quantitative estimate of drug-likeness (QED) is 0.872. The van der Waals surface area contributed by atoms with Crippen LogP contribution >= 0.6 is 0 Å². The maximum absolute atomic E-state index is 11.7. The van der Waals surface area contributed by atoms with Gasteiger partial charge in [-0.25, -0.2) is 4.79 Å². The topological polar surface area (TPSA) is 68.8 Å². The van der Waals surface area contributed by atoms with E-state index in [9.17, 15) is 4.79 Å². The third-order valence-corrected chi connectivity index (χ3v) is 3.14. The first kappa shape index (κ1) is 12.1. The second-order valence-electron chi connectivity index (χ2n) is 4.54. The fraction of sp³-hybridized carbons (Fsp3) is 0.462. The lowest BCUT2D eigenvalue weighted by atomic mass is 10.2. The van der Waals surface area contributed by atoms with Gasteiger partial charge in [-0.2, -0.15) is 0 Å². The van der Waals surface area contributed by atoms with Crippen molar-refractivity contribution in [1.82, 2.24) is 5.32 Å². The summed E-state index contributed by atoms with van der Waals surface area (Å²) in [6.07, 6.45) is 2.21. The van der Waals surface area contributed by atoms with Crippen LogP contribution in [0.4, 0.5) is 10.5 Å². The molecule has 0 saturated carbocycles. The molecular formula is C13H16N2O4. The van der Waals surface area contributed by atoms with Crippen molar-refractivity contribution >= 4 is 11.7 Å². The normalized spacial score (nSPS) is 20.3. The highest BCUT2D eigenvalue weighted by Gasteiger charge is 2.17. The summed E-state index contributed by atoms with van der Waals surface area (Å²) < 4.78 is 15.9. The first-order valence-corrected chi connectivity index (χ1v) is 6.37. The lowest BCUT2D eigenvalue weighted by Crippen LogP contribution is -2.34. The first-order chi connectivity index (χ1) is 9.31. The van der Waals surface area contributed by atoms with Crippen LogP contribution in [0.5, 0.6) is 11.5 Å². The van der Waals surface area contributed by atoms with E-state index in [0.717, 1.165) is 19.4 Å². The van der Waals surface area contributed by atoms with Crippen molar-refractivity contribution < 1.29 is 19.0 Å². The van der Waals surface area contributed by atoms with Crippen LogP contribution in [0.3, 0.4) is 0 Å². The molecule has 0 aromatic heterocycles. The molecule has 2 heterocycles. The Kier molecular flexibility index (Phi) is 3.41. The lowest BCUT2D eigenvalue weighted by Gasteiger charge is -2.11. The molecule has 2 N–H and O–H groups in total. The maximum atomic E-state index is 11.7. The zero-order chi connectivity index (χ0) is 13.1. The number of hydrogen-bond acceptors (Lipinski definition) is 4. The van der Waals surface area contributed by atoms with Gasteiger partial charge in [-0.1, -0.05) is 0 Å². The number of amides is 2. The molecule has 2 aliphatic heterocycles. The number of rotatable bonds is 3. The molecule has 0 unspecified atom stereocenters. The van der Waals surface area contributed by atoms with Crippen LogP contribution in [-0.2, 0) is 4.74 Å². The number of carbonyl (C=O) groups is 1. The summed E-state index contributed by atoms with van der Waals surface area (Å²) >= 11 is 0. The molecule has 0 bridgehead atoms. The minimum atomic E-state index is -0.241. The van der Waals surface area contributed by atoms with Crippen LogP contribution in [0, 0.1) is 0 Å². The van der Waals surface area contributed by atoms with Crippen molar-refractivity contribution in [2.75, 3.05) is 25.3 Å². The number of hydrogen-bond donors (Lipinski definition) is 2. The van der Waals surface area contributed by atoms with Gasteiger partial charge in [0.2, 0.25) is 6.79 Å². The Morgan fingerprint density at radius 2 is 2.21 bits per heavy atom. The summed E-state index contributed by atoms with van der Waals surface area (Å²) in [6.45, 7) is 1.55. The summed E-state index contributed by atoms with van der Waals surface area (Å²) in [4.78, 5) is 11.7. The molecule has 2 amide bonds. The largest absolute Gasteiger partial charge is 0.454 e. The zero-order valence-corrected chi connectivity index (χ0v) is 10.5. The van der Waals surface area contributed by atoms with Crippen LogP contribution in [-0.4, -0.2) is 32.1 Å². The highest BCUT2D eigenvalue weighted by Crippen LogP contribution is 2.34. The number of ether oxygens (including phenoxy) is 3. The Morgan fingerprint density at radius 1 is 1.32 bits per heavy atom. The van der Waals surface area contributed by atoms with Gasteiger partial charge in [-0.15, -0.1) is 0 Å². The second-order valence-corrected chi connectivity index (χ2v) is 4.54. The van der Waals surface area contributed by atoms with Gasteiger partial charge in [-0.05, 0) is 25.0 Å². The Morgan fingerprint density at radius 3 is 3.05 bits per heavy atom. The zero-order valence-electron chi connectivity index (χ0n) is 10.5. The van der Waals surface area contributed by atoms with Crippen LogP contribution < -0.4 is 20.1 Å². The Balaban J connectivity index is 1.51. The molecule has 1 aromatic rings. The summed E-state index contributed by atoms with van der Waals surface area (Å²) in [6, 6.07) is 5.06. The predicted octanol–water partition coefficient (Wildman–Crippen LogP) is 1.72. The summed E-state index contributed by atoms with van der Waals surface area (Å²) in [5, 5.41) is 5.55. The van der Waals surface area contributed by atoms with Crippen molar-refractivity contribution in [3.63, 3.8) is 0 Å². The molecule has 102 valence electrons. The van der Waals surface area contributed by atoms with E-state index in [1.165, 1.54) is 0 Å². The molecule has 1 atom stereocenters. The summed E-state index contributed by atoms with van der Waals surface area (Å²) in [5.74, 6) is 1.35. The first-order valence-electron chi connectivity index (χ1n) is 6.37. The van der Waals surface area contributed by atoms with Crippen molar-refractivity contribution in [2.24, 2.45) is 0 Å². The molecular weight excluding hydrogens is 248 g/mol. The van der Waals surface area contributed by atoms with Crippen molar-refractivity contribution in [3.8, 4) is 11.5 Å². The molecule has 0 aliphatic carbocycles. The highest BCUT2D eigenvalue weighted by molar-refractivity contribution is 5.89. The Hall–Kier alpha value is -1.95. The predicted molar refractivity (Wildman–Crippen MR) is 68.6 cm³/mol. The summed E-state index contributed by atoms with van der Waals surface area (Å²) in [5.41, 5.74) is 0.675. The molecule has 19 heavy (non-hydrogen) atoms. The van der Waals surface area contributed by atoms with E-state index in [-0.39, 0.29) is 18.9 Å². The van der Waals surface area contributed by atoms with Crippen molar-refractivity contribution in [2.45, 2.75) is 18.9 Å². The van der Waals surface area contributed by atoms with Crippen LogP contribution in [0.2, 0.25) is 0 Å². The monoisotopic (exact) mass is 264 g/mol. The van der Waals surface area contributed by atoms with E-state index in [0.29, 0.717) is 23.7 Å². The minimum Gasteiger partial charge on any atom is -0.454 e. The van der Waals surface area contributed by atoms with Gasteiger partial charge in [0.05, 0.1) is 6.10 Å². The molecule has 1 aromatic carbocycles. The van der Waals surface area contributed by atoms with Gasteiger partial charge >= 0.3 is 6.03 Å². The number of fused-ring (bicyclic) bond motifs is 1. The molecule has 1 fully saturated rings. The third-order valence-electron chi connectivity index (χ3n) is 3.14. The SMILES string of the molecule is O=C(NC[C@H]1CCCO1)Nc1ccc2c(c1)OCO2. The van der Waals surface area contributed by atoms with E-state index < -0.39 is 0 Å². The van der Waals surface area contributed by atoms with E-state index >= 15 is 0 Å². The fourth-order valence-electron chi connectivity index (χ4n) is 2.16. The average molecular weight is 264 g/mol. The van der Waals surface area contributed by atoms with Gasteiger partial charge in [0.15, 0.2) is 11.5 Å². The van der Waals surface area contributed by atoms with Gasteiger partial charge in [0.1, 0.15) is 0 Å². The van der Waals surface area contributed by atoms with E-state index in [2.05, 4.69) is 10.6 Å². The number of benzene rings is 1. The minimum absolute atomic E-state index is 0.141. The number of carbonyl (C=O) groups excluding carboxylic acids is 1. The molecule has 6 nitrogen and oxygen atoms in total. The number of anilines is 1. The molecule has 0 radical (unpaired) electrons. The smallest absolute Gasteiger partial charge is 0.319 e. The fourth-order valence-corrected chi connectivity index (χ4v) is 2.16. The van der Waals surface area contributed by atoms with Crippen LogP contribution in [0.15, 0.2) is 18.2 Å². The molecule has 0 spiro atoms. The second kappa shape index (κ2) is 5.36. The summed E-state index contributed by atoms with van der Waals surface area (Å²) in [7, 11) is 0. The Bertz CT molecular complexity index is 472. The molecule has 1 saturated heterocycles. The lowest BCUT2D eigenvalue weighted by molar-refractivity contribution is 0.112. The van der Waals surface area contributed by atoms with E-state index in [1.807, 2.05) is 0 Å². The standard InChI is InChI=1S/C13H16N2O4/c16-13(14-7-10-2-1-5-17-10)15-9-3-4-11-12(6-9)19-8-18-11/h3-4,6,10H,1-2,5,7-8H2,(H2,14,15,16)/t10-/m1/s1. The highest BCUT2D eigenvalue weighted by atomic mass is 16.7. The van der Waals surface area contributed by atoms with Crippen LogP contribution in [0.25, 0.3) is 0 Å². The van der Waals surface area contributed by atoms with E-state index in [1.54, 1.807) is 18.2 Å². The van der Waals surface area contributed by atoms with Gasteiger partial charge in [-0.3, -0.25) is 0 Å². The average Bonchev–Trinajstić information content (AvgIpc) is 3.07. The van der Waals surface area contributed by atoms with E-state index in [4.69, 9.17) is 14.2 Å². The third kappa shape index (κ3) is 2.90. The molecule has 2 aliphatic rings. The molecule has 6 heteroatoms. The number of urea groups is 1. The van der Waals surface area contributed by atoms with Crippen molar-refractivity contribution in [3.05, 3.63) is 18.2 Å². The van der Waals surface area contributed by atoms with Crippen molar-refractivity contribution in [1.29, 1.82) is 0 Å². The van der Waals surface area contributed by atoms with Gasteiger partial charge < -0.3 is 24.8 Å². The number of nitrogens with one attached hydrogen (secondary N) is 2. The Labute approximate surface area is 111 Å². The maximum Gasteiger partial charge on any atom is 0.319 e.